The highest BCUT2D eigenvalue weighted by molar-refractivity contribution is 6.32. The second kappa shape index (κ2) is 5.59. The maximum absolute atomic E-state index is 12.1. The molecule has 2 atom stereocenters. The van der Waals surface area contributed by atoms with Crippen LogP contribution in [-0.4, -0.2) is 17.6 Å². The van der Waals surface area contributed by atoms with Gasteiger partial charge in [-0.05, 0) is 43.5 Å². The van der Waals surface area contributed by atoms with Crippen LogP contribution in [0, 0.1) is 11.8 Å². The molecule has 0 aliphatic heterocycles. The van der Waals surface area contributed by atoms with Gasteiger partial charge in [0.2, 0.25) is 5.91 Å². The number of carbonyl (C=O) groups excluding carboxylic acids is 1. The van der Waals surface area contributed by atoms with E-state index in [2.05, 4.69) is 5.32 Å². The molecule has 0 saturated heterocycles. The normalized spacial score (nSPS) is 23.0. The number of nitrogens with two attached hydrogens (primary N) is 1. The number of halogens is 1. The predicted octanol–water partition coefficient (Wildman–Crippen LogP) is 2.36. The summed E-state index contributed by atoms with van der Waals surface area (Å²) in [6, 6.07) is 4.64. The summed E-state index contributed by atoms with van der Waals surface area (Å²) in [4.78, 5) is 12.1. The van der Waals surface area contributed by atoms with E-state index in [1.807, 2.05) is 0 Å². The van der Waals surface area contributed by atoms with Gasteiger partial charge in [-0.1, -0.05) is 18.0 Å². The zero-order valence-electron chi connectivity index (χ0n) is 10.0. The van der Waals surface area contributed by atoms with Gasteiger partial charge < -0.3 is 16.2 Å². The third-order valence-electron chi connectivity index (χ3n) is 3.51. The van der Waals surface area contributed by atoms with E-state index in [0.717, 1.165) is 19.3 Å². The quantitative estimate of drug-likeness (QED) is 0.737. The zero-order valence-corrected chi connectivity index (χ0v) is 10.8. The summed E-state index contributed by atoms with van der Waals surface area (Å²) >= 11 is 5.79. The van der Waals surface area contributed by atoms with E-state index < -0.39 is 0 Å². The Kier molecular flexibility index (Phi) is 4.09. The van der Waals surface area contributed by atoms with Crippen LogP contribution in [0.25, 0.3) is 0 Å². The van der Waals surface area contributed by atoms with E-state index in [0.29, 0.717) is 12.2 Å². The molecule has 0 spiro atoms. The van der Waals surface area contributed by atoms with Crippen molar-refractivity contribution in [1.82, 2.24) is 0 Å². The van der Waals surface area contributed by atoms with E-state index in [1.165, 1.54) is 6.07 Å². The molecule has 5 heteroatoms. The summed E-state index contributed by atoms with van der Waals surface area (Å²) < 4.78 is 0. The van der Waals surface area contributed by atoms with Gasteiger partial charge in [0.15, 0.2) is 0 Å². The second-order valence-electron chi connectivity index (χ2n) is 4.69. The van der Waals surface area contributed by atoms with Crippen molar-refractivity contribution in [2.24, 2.45) is 17.6 Å². The molecule has 1 saturated carbocycles. The van der Waals surface area contributed by atoms with Gasteiger partial charge in [0.05, 0.1) is 5.02 Å². The Labute approximate surface area is 111 Å². The van der Waals surface area contributed by atoms with E-state index >= 15 is 0 Å². The molecule has 1 aliphatic carbocycles. The number of hydrogen-bond donors (Lipinski definition) is 3. The maximum atomic E-state index is 12.1. The van der Waals surface area contributed by atoms with Crippen LogP contribution in [0.4, 0.5) is 5.69 Å². The fraction of sp³-hybridized carbons (Fsp3) is 0.462. The summed E-state index contributed by atoms with van der Waals surface area (Å²) in [6.45, 7) is 0.550. The number of rotatable bonds is 3. The Balaban J connectivity index is 2.04. The first-order valence-electron chi connectivity index (χ1n) is 6.11. The van der Waals surface area contributed by atoms with Gasteiger partial charge in [0, 0.05) is 11.6 Å². The molecule has 18 heavy (non-hydrogen) atoms. The first-order valence-corrected chi connectivity index (χ1v) is 6.49. The number of amides is 1. The highest BCUT2D eigenvalue weighted by atomic mass is 35.5. The van der Waals surface area contributed by atoms with Crippen LogP contribution >= 0.6 is 11.6 Å². The number of hydrogen-bond acceptors (Lipinski definition) is 3. The Morgan fingerprint density at radius 2 is 2.28 bits per heavy atom. The van der Waals surface area contributed by atoms with Crippen molar-refractivity contribution in [2.45, 2.75) is 19.3 Å². The highest BCUT2D eigenvalue weighted by Gasteiger charge is 2.31. The SMILES string of the molecule is NCC1CCCC1C(=O)Nc1ccc(O)c(Cl)c1. The smallest absolute Gasteiger partial charge is 0.227 e. The maximum Gasteiger partial charge on any atom is 0.227 e. The topological polar surface area (TPSA) is 75.4 Å². The summed E-state index contributed by atoms with van der Waals surface area (Å²) in [6.07, 6.45) is 2.96. The van der Waals surface area contributed by atoms with Crippen LogP contribution < -0.4 is 11.1 Å². The monoisotopic (exact) mass is 268 g/mol. The third kappa shape index (κ3) is 2.76. The lowest BCUT2D eigenvalue weighted by Gasteiger charge is -2.17. The lowest BCUT2D eigenvalue weighted by Crippen LogP contribution is -2.29. The van der Waals surface area contributed by atoms with Gasteiger partial charge in [-0.2, -0.15) is 0 Å². The number of phenolic OH excluding ortho intramolecular Hbond substituents is 1. The Bertz CT molecular complexity index is 451. The molecule has 98 valence electrons. The van der Waals surface area contributed by atoms with Crippen molar-refractivity contribution in [3.8, 4) is 5.75 Å². The molecule has 4 N–H and O–H groups in total. The van der Waals surface area contributed by atoms with Crippen LogP contribution in [0.2, 0.25) is 5.02 Å². The molecule has 1 aliphatic rings. The van der Waals surface area contributed by atoms with Crippen molar-refractivity contribution in [3.05, 3.63) is 23.2 Å². The van der Waals surface area contributed by atoms with Gasteiger partial charge in [-0.3, -0.25) is 4.79 Å². The lowest BCUT2D eigenvalue weighted by atomic mass is 9.95. The Morgan fingerprint density at radius 3 is 2.94 bits per heavy atom. The summed E-state index contributed by atoms with van der Waals surface area (Å²) in [7, 11) is 0. The molecule has 4 nitrogen and oxygen atoms in total. The average Bonchev–Trinajstić information content (AvgIpc) is 2.82. The molecule has 1 aromatic carbocycles. The van der Waals surface area contributed by atoms with Gasteiger partial charge in [-0.25, -0.2) is 0 Å². The number of carbonyl (C=O) groups is 1. The first-order chi connectivity index (χ1) is 8.61. The van der Waals surface area contributed by atoms with Crippen LogP contribution in [0.3, 0.4) is 0 Å². The van der Waals surface area contributed by atoms with Crippen molar-refractivity contribution >= 4 is 23.2 Å². The van der Waals surface area contributed by atoms with Crippen molar-refractivity contribution in [2.75, 3.05) is 11.9 Å². The van der Waals surface area contributed by atoms with Crippen LogP contribution in [0.1, 0.15) is 19.3 Å². The minimum absolute atomic E-state index is 0.00953. The van der Waals surface area contributed by atoms with Crippen molar-refractivity contribution in [1.29, 1.82) is 0 Å². The second-order valence-corrected chi connectivity index (χ2v) is 5.10. The number of anilines is 1. The molecular weight excluding hydrogens is 252 g/mol. The standard InChI is InChI=1S/C13H17ClN2O2/c14-11-6-9(4-5-12(11)17)16-13(18)10-3-1-2-8(10)7-15/h4-6,8,10,17H,1-3,7,15H2,(H,16,18). The zero-order chi connectivity index (χ0) is 13.1. The van der Waals surface area contributed by atoms with Gasteiger partial charge in [0.1, 0.15) is 5.75 Å². The molecule has 1 aromatic rings. The molecule has 0 heterocycles. The molecule has 2 rings (SSSR count). The number of benzene rings is 1. The average molecular weight is 269 g/mol. The highest BCUT2D eigenvalue weighted by Crippen LogP contribution is 2.32. The number of aromatic hydroxyl groups is 1. The minimum Gasteiger partial charge on any atom is -0.506 e. The molecule has 0 bridgehead atoms. The Morgan fingerprint density at radius 1 is 1.50 bits per heavy atom. The summed E-state index contributed by atoms with van der Waals surface area (Å²) in [5.41, 5.74) is 6.27. The van der Waals surface area contributed by atoms with Gasteiger partial charge >= 0.3 is 0 Å². The van der Waals surface area contributed by atoms with Gasteiger partial charge in [0.25, 0.3) is 0 Å². The van der Waals surface area contributed by atoms with E-state index in [1.54, 1.807) is 12.1 Å². The van der Waals surface area contributed by atoms with Gasteiger partial charge in [-0.15, -0.1) is 0 Å². The molecule has 1 amide bonds. The van der Waals surface area contributed by atoms with E-state index in [-0.39, 0.29) is 28.5 Å². The number of phenols is 1. The third-order valence-corrected chi connectivity index (χ3v) is 3.82. The summed E-state index contributed by atoms with van der Waals surface area (Å²) in [5.74, 6) is 0.264. The number of nitrogens with one attached hydrogen (secondary N) is 1. The minimum atomic E-state index is -0.0115. The molecular formula is C13H17ClN2O2. The van der Waals surface area contributed by atoms with Crippen LogP contribution in [0.5, 0.6) is 5.75 Å². The molecule has 1 fully saturated rings. The Hall–Kier alpha value is -1.26. The van der Waals surface area contributed by atoms with E-state index in [9.17, 15) is 9.90 Å². The van der Waals surface area contributed by atoms with Crippen LogP contribution in [0.15, 0.2) is 18.2 Å². The predicted molar refractivity (Wildman–Crippen MR) is 71.6 cm³/mol. The fourth-order valence-corrected chi connectivity index (χ4v) is 2.66. The fourth-order valence-electron chi connectivity index (χ4n) is 2.48. The van der Waals surface area contributed by atoms with Crippen LogP contribution in [-0.2, 0) is 4.79 Å². The molecule has 0 aromatic heterocycles. The molecule has 0 radical (unpaired) electrons. The molecule has 2 unspecified atom stereocenters. The van der Waals surface area contributed by atoms with Crippen molar-refractivity contribution < 1.29 is 9.90 Å². The first kappa shape index (κ1) is 13.2. The summed E-state index contributed by atoms with van der Waals surface area (Å²) in [5, 5.41) is 12.4. The van der Waals surface area contributed by atoms with E-state index in [4.69, 9.17) is 17.3 Å². The van der Waals surface area contributed by atoms with Crippen molar-refractivity contribution in [3.63, 3.8) is 0 Å². The largest absolute Gasteiger partial charge is 0.506 e. The lowest BCUT2D eigenvalue weighted by molar-refractivity contribution is -0.120.